The SMILES string of the molecule is CC(C)c1c[nH]c(=S)n1CCC(F)(F)F. The summed E-state index contributed by atoms with van der Waals surface area (Å²) >= 11 is 4.92. The number of alkyl halides is 3. The molecule has 2 nitrogen and oxygen atoms in total. The zero-order chi connectivity index (χ0) is 11.6. The van der Waals surface area contributed by atoms with Gasteiger partial charge in [0.25, 0.3) is 0 Å². The number of rotatable bonds is 3. The second kappa shape index (κ2) is 4.38. The third-order valence-corrected chi connectivity index (χ3v) is 2.45. The van der Waals surface area contributed by atoms with Gasteiger partial charge in [-0.3, -0.25) is 0 Å². The van der Waals surface area contributed by atoms with Gasteiger partial charge in [-0.1, -0.05) is 13.8 Å². The summed E-state index contributed by atoms with van der Waals surface area (Å²) in [6.45, 7) is 3.73. The fourth-order valence-corrected chi connectivity index (χ4v) is 1.61. The van der Waals surface area contributed by atoms with Crippen LogP contribution in [0.25, 0.3) is 0 Å². The lowest BCUT2D eigenvalue weighted by Gasteiger charge is -2.12. The minimum atomic E-state index is -4.14. The summed E-state index contributed by atoms with van der Waals surface area (Å²) in [5, 5.41) is 0. The average Bonchev–Trinajstić information content (AvgIpc) is 2.42. The maximum atomic E-state index is 12.1. The quantitative estimate of drug-likeness (QED) is 0.797. The summed E-state index contributed by atoms with van der Waals surface area (Å²) in [5.74, 6) is 0.159. The van der Waals surface area contributed by atoms with E-state index in [0.29, 0.717) is 4.77 Å². The van der Waals surface area contributed by atoms with Crippen molar-refractivity contribution in [2.45, 2.75) is 38.9 Å². The molecule has 0 saturated heterocycles. The van der Waals surface area contributed by atoms with Crippen LogP contribution in [0, 0.1) is 4.77 Å². The van der Waals surface area contributed by atoms with Crippen molar-refractivity contribution in [2.75, 3.05) is 0 Å². The van der Waals surface area contributed by atoms with Crippen LogP contribution in [-0.2, 0) is 6.54 Å². The van der Waals surface area contributed by atoms with Gasteiger partial charge in [0.05, 0.1) is 6.42 Å². The fraction of sp³-hybridized carbons (Fsp3) is 0.667. The van der Waals surface area contributed by atoms with Crippen LogP contribution in [0.15, 0.2) is 6.20 Å². The molecule has 0 aliphatic heterocycles. The molecule has 1 heterocycles. The predicted molar refractivity (Wildman–Crippen MR) is 54.4 cm³/mol. The van der Waals surface area contributed by atoms with E-state index in [2.05, 4.69) is 4.98 Å². The standard InChI is InChI=1S/C9H13F3N2S/c1-6(2)7-5-13-8(15)14(7)4-3-9(10,11)12/h5-6H,3-4H2,1-2H3,(H,13,15). The second-order valence-corrected chi connectivity index (χ2v) is 4.08. The highest BCUT2D eigenvalue weighted by atomic mass is 32.1. The van der Waals surface area contributed by atoms with Crippen LogP contribution in [0.3, 0.4) is 0 Å². The van der Waals surface area contributed by atoms with Crippen LogP contribution in [0.2, 0.25) is 0 Å². The largest absolute Gasteiger partial charge is 0.390 e. The summed E-state index contributed by atoms with van der Waals surface area (Å²) < 4.78 is 38.0. The van der Waals surface area contributed by atoms with Gasteiger partial charge >= 0.3 is 6.18 Å². The van der Waals surface area contributed by atoms with E-state index in [-0.39, 0.29) is 12.5 Å². The molecule has 0 atom stereocenters. The number of aromatic amines is 1. The first-order valence-corrected chi connectivity index (χ1v) is 5.07. The van der Waals surface area contributed by atoms with E-state index in [9.17, 15) is 13.2 Å². The summed E-state index contributed by atoms with van der Waals surface area (Å²) in [5.41, 5.74) is 0.809. The molecule has 0 aliphatic rings. The maximum absolute atomic E-state index is 12.1. The normalized spacial score (nSPS) is 12.4. The van der Waals surface area contributed by atoms with Gasteiger partial charge in [0.15, 0.2) is 4.77 Å². The van der Waals surface area contributed by atoms with E-state index in [1.165, 1.54) is 4.57 Å². The van der Waals surface area contributed by atoms with Crippen molar-refractivity contribution in [1.82, 2.24) is 9.55 Å². The molecule has 15 heavy (non-hydrogen) atoms. The first kappa shape index (κ1) is 12.3. The van der Waals surface area contributed by atoms with Gasteiger partial charge in [-0.15, -0.1) is 0 Å². The Morgan fingerprint density at radius 2 is 2.07 bits per heavy atom. The molecule has 1 rings (SSSR count). The van der Waals surface area contributed by atoms with Gasteiger partial charge in [0.1, 0.15) is 0 Å². The highest BCUT2D eigenvalue weighted by molar-refractivity contribution is 7.71. The highest BCUT2D eigenvalue weighted by Crippen LogP contribution is 2.22. The van der Waals surface area contributed by atoms with Crippen LogP contribution in [0.5, 0.6) is 0 Å². The van der Waals surface area contributed by atoms with E-state index in [1.807, 2.05) is 13.8 Å². The van der Waals surface area contributed by atoms with E-state index in [1.54, 1.807) is 6.20 Å². The Balaban J connectivity index is 2.84. The number of aromatic nitrogens is 2. The molecule has 1 aromatic heterocycles. The van der Waals surface area contributed by atoms with E-state index in [4.69, 9.17) is 12.2 Å². The molecule has 1 aromatic rings. The van der Waals surface area contributed by atoms with Crippen molar-refractivity contribution in [3.63, 3.8) is 0 Å². The lowest BCUT2D eigenvalue weighted by atomic mass is 10.1. The molecular formula is C9H13F3N2S. The van der Waals surface area contributed by atoms with Gasteiger partial charge < -0.3 is 9.55 Å². The molecule has 6 heteroatoms. The minimum absolute atomic E-state index is 0.112. The number of imidazole rings is 1. The van der Waals surface area contributed by atoms with E-state index < -0.39 is 12.6 Å². The molecule has 0 aliphatic carbocycles. The van der Waals surface area contributed by atoms with Crippen LogP contribution in [0.1, 0.15) is 31.9 Å². The molecule has 0 fully saturated rings. The summed E-state index contributed by atoms with van der Waals surface area (Å²) in [7, 11) is 0. The van der Waals surface area contributed by atoms with E-state index in [0.717, 1.165) is 5.69 Å². The van der Waals surface area contributed by atoms with Gasteiger partial charge in [-0.25, -0.2) is 0 Å². The predicted octanol–water partition coefficient (Wildman–Crippen LogP) is 3.62. The molecule has 0 spiro atoms. The van der Waals surface area contributed by atoms with Gasteiger partial charge in [-0.05, 0) is 18.1 Å². The molecule has 0 bridgehead atoms. The Labute approximate surface area is 91.1 Å². The molecule has 0 radical (unpaired) electrons. The Kier molecular flexibility index (Phi) is 3.59. The van der Waals surface area contributed by atoms with Crippen LogP contribution < -0.4 is 0 Å². The zero-order valence-corrected chi connectivity index (χ0v) is 9.37. The van der Waals surface area contributed by atoms with Crippen LogP contribution >= 0.6 is 12.2 Å². The van der Waals surface area contributed by atoms with Crippen LogP contribution in [0.4, 0.5) is 13.2 Å². The molecule has 86 valence electrons. The topological polar surface area (TPSA) is 20.7 Å². The lowest BCUT2D eigenvalue weighted by Crippen LogP contribution is -2.14. The second-order valence-electron chi connectivity index (χ2n) is 3.69. The van der Waals surface area contributed by atoms with Gasteiger partial charge in [-0.2, -0.15) is 13.2 Å². The van der Waals surface area contributed by atoms with Gasteiger partial charge in [0, 0.05) is 18.4 Å². The zero-order valence-electron chi connectivity index (χ0n) is 8.56. The van der Waals surface area contributed by atoms with Gasteiger partial charge in [0.2, 0.25) is 0 Å². The third kappa shape index (κ3) is 3.37. The third-order valence-electron chi connectivity index (χ3n) is 2.11. The van der Waals surface area contributed by atoms with Crippen molar-refractivity contribution in [1.29, 1.82) is 0 Å². The summed E-state index contributed by atoms with van der Waals surface area (Å²) in [6, 6.07) is 0. The first-order chi connectivity index (χ1) is 6.81. The number of halogens is 3. The molecule has 1 N–H and O–H groups in total. The maximum Gasteiger partial charge on any atom is 0.390 e. The number of hydrogen-bond donors (Lipinski definition) is 1. The first-order valence-electron chi connectivity index (χ1n) is 4.66. The number of nitrogens with zero attached hydrogens (tertiary/aromatic N) is 1. The number of H-pyrrole nitrogens is 1. The molecule has 0 aromatic carbocycles. The summed E-state index contributed by atoms with van der Waals surface area (Å²) in [4.78, 5) is 2.77. The lowest BCUT2D eigenvalue weighted by molar-refractivity contribution is -0.136. The van der Waals surface area contributed by atoms with Crippen molar-refractivity contribution in [2.24, 2.45) is 0 Å². The molecule has 0 unspecified atom stereocenters. The van der Waals surface area contributed by atoms with E-state index >= 15 is 0 Å². The summed E-state index contributed by atoms with van der Waals surface area (Å²) in [6.07, 6.45) is -3.32. The monoisotopic (exact) mass is 238 g/mol. The molecule has 0 saturated carbocycles. The Morgan fingerprint density at radius 3 is 2.53 bits per heavy atom. The minimum Gasteiger partial charge on any atom is -0.337 e. The Bertz CT molecular complexity index is 375. The molecular weight excluding hydrogens is 225 g/mol. The van der Waals surface area contributed by atoms with Crippen molar-refractivity contribution in [3.8, 4) is 0 Å². The van der Waals surface area contributed by atoms with Crippen molar-refractivity contribution >= 4 is 12.2 Å². The Morgan fingerprint density at radius 1 is 1.47 bits per heavy atom. The fourth-order valence-electron chi connectivity index (χ4n) is 1.36. The average molecular weight is 238 g/mol. The smallest absolute Gasteiger partial charge is 0.337 e. The number of nitrogens with one attached hydrogen (secondary N) is 1. The van der Waals surface area contributed by atoms with Crippen LogP contribution in [-0.4, -0.2) is 15.7 Å². The molecule has 0 amide bonds. The Hall–Kier alpha value is -0.780. The highest BCUT2D eigenvalue weighted by Gasteiger charge is 2.27. The van der Waals surface area contributed by atoms with Crippen molar-refractivity contribution < 1.29 is 13.2 Å². The van der Waals surface area contributed by atoms with Crippen molar-refractivity contribution in [3.05, 3.63) is 16.7 Å². The number of hydrogen-bond acceptors (Lipinski definition) is 1.